The molecule has 0 aromatic heterocycles. The van der Waals surface area contributed by atoms with Gasteiger partial charge in [0.25, 0.3) is 0 Å². The molecular formula is C15H27N3O. The topological polar surface area (TPSA) is 35.6 Å². The van der Waals surface area contributed by atoms with Crippen molar-refractivity contribution in [2.24, 2.45) is 5.41 Å². The Morgan fingerprint density at radius 1 is 1.42 bits per heavy atom. The molecule has 0 spiro atoms. The molecule has 0 aliphatic carbocycles. The van der Waals surface area contributed by atoms with Crippen molar-refractivity contribution in [3.05, 3.63) is 12.3 Å². The SMILES string of the molecule is C=C(N[C@H]1CCCN(C=O)C1)[C@@H]1N(C)CCC1(C)C. The van der Waals surface area contributed by atoms with Gasteiger partial charge >= 0.3 is 0 Å². The van der Waals surface area contributed by atoms with Crippen LogP contribution < -0.4 is 5.32 Å². The molecule has 2 aliphatic rings. The molecule has 108 valence electrons. The molecule has 4 nitrogen and oxygen atoms in total. The van der Waals surface area contributed by atoms with Crippen molar-refractivity contribution in [2.45, 2.75) is 45.2 Å². The van der Waals surface area contributed by atoms with Crippen molar-refractivity contribution < 1.29 is 4.79 Å². The van der Waals surface area contributed by atoms with Gasteiger partial charge in [0, 0.05) is 24.8 Å². The highest BCUT2D eigenvalue weighted by molar-refractivity contribution is 5.47. The minimum Gasteiger partial charge on any atom is -0.383 e. The number of rotatable bonds is 4. The third kappa shape index (κ3) is 3.11. The first-order valence-corrected chi connectivity index (χ1v) is 7.29. The average Bonchev–Trinajstić information content (AvgIpc) is 2.63. The van der Waals surface area contributed by atoms with Gasteiger partial charge in [-0.2, -0.15) is 0 Å². The van der Waals surface area contributed by atoms with Crippen LogP contribution in [0.1, 0.15) is 33.1 Å². The van der Waals surface area contributed by atoms with Crippen LogP contribution in [0.15, 0.2) is 12.3 Å². The fourth-order valence-corrected chi connectivity index (χ4v) is 3.63. The van der Waals surface area contributed by atoms with Crippen molar-refractivity contribution in [1.29, 1.82) is 0 Å². The largest absolute Gasteiger partial charge is 0.383 e. The van der Waals surface area contributed by atoms with Gasteiger partial charge in [0.15, 0.2) is 0 Å². The van der Waals surface area contributed by atoms with E-state index in [2.05, 4.69) is 37.7 Å². The number of likely N-dealkylation sites (N-methyl/N-ethyl adjacent to an activating group) is 1. The Balaban J connectivity index is 1.95. The van der Waals surface area contributed by atoms with E-state index in [-0.39, 0.29) is 5.41 Å². The Kier molecular flexibility index (Phi) is 4.19. The van der Waals surface area contributed by atoms with E-state index in [9.17, 15) is 4.79 Å². The summed E-state index contributed by atoms with van der Waals surface area (Å²) >= 11 is 0. The van der Waals surface area contributed by atoms with Crippen LogP contribution in [0.3, 0.4) is 0 Å². The summed E-state index contributed by atoms with van der Waals surface area (Å²) in [5, 5.41) is 3.57. The maximum Gasteiger partial charge on any atom is 0.209 e. The maximum absolute atomic E-state index is 10.9. The minimum absolute atomic E-state index is 0.276. The van der Waals surface area contributed by atoms with Gasteiger partial charge in [-0.1, -0.05) is 20.4 Å². The summed E-state index contributed by atoms with van der Waals surface area (Å²) in [6.45, 7) is 11.7. The maximum atomic E-state index is 10.9. The van der Waals surface area contributed by atoms with Crippen LogP contribution in [0.2, 0.25) is 0 Å². The summed E-state index contributed by atoms with van der Waals surface area (Å²) in [6, 6.07) is 0.746. The van der Waals surface area contributed by atoms with Gasteiger partial charge < -0.3 is 10.2 Å². The number of piperidine rings is 1. The molecule has 1 amide bonds. The van der Waals surface area contributed by atoms with Crippen molar-refractivity contribution in [1.82, 2.24) is 15.1 Å². The van der Waals surface area contributed by atoms with Crippen LogP contribution in [0.25, 0.3) is 0 Å². The van der Waals surface area contributed by atoms with E-state index in [1.165, 1.54) is 6.42 Å². The summed E-state index contributed by atoms with van der Waals surface area (Å²) in [5.41, 5.74) is 1.39. The number of nitrogens with zero attached hydrogens (tertiary/aromatic N) is 2. The van der Waals surface area contributed by atoms with Gasteiger partial charge in [-0.25, -0.2) is 0 Å². The van der Waals surface area contributed by atoms with Crippen molar-refractivity contribution in [2.75, 3.05) is 26.7 Å². The highest BCUT2D eigenvalue weighted by Gasteiger charge is 2.40. The average molecular weight is 265 g/mol. The van der Waals surface area contributed by atoms with Crippen LogP contribution in [0, 0.1) is 5.41 Å². The van der Waals surface area contributed by atoms with Crippen molar-refractivity contribution in [3.8, 4) is 0 Å². The molecular weight excluding hydrogens is 238 g/mol. The van der Waals surface area contributed by atoms with E-state index in [1.54, 1.807) is 0 Å². The predicted octanol–water partition coefficient (Wildman–Crippen LogP) is 1.44. The Morgan fingerprint density at radius 3 is 2.74 bits per heavy atom. The van der Waals surface area contributed by atoms with Gasteiger partial charge in [0.2, 0.25) is 6.41 Å². The zero-order valence-corrected chi connectivity index (χ0v) is 12.5. The Labute approximate surface area is 116 Å². The normalized spacial score (nSPS) is 31.2. The Bertz CT molecular complexity index is 353. The molecule has 2 atom stereocenters. The fourth-order valence-electron chi connectivity index (χ4n) is 3.63. The molecule has 19 heavy (non-hydrogen) atoms. The highest BCUT2D eigenvalue weighted by atomic mass is 16.1. The molecule has 0 aromatic rings. The predicted molar refractivity (Wildman–Crippen MR) is 77.8 cm³/mol. The van der Waals surface area contributed by atoms with E-state index < -0.39 is 0 Å². The van der Waals surface area contributed by atoms with Gasteiger partial charge in [-0.05, 0) is 38.3 Å². The molecule has 4 heteroatoms. The second-order valence-corrected chi connectivity index (χ2v) is 6.73. The lowest BCUT2D eigenvalue weighted by Gasteiger charge is -2.37. The smallest absolute Gasteiger partial charge is 0.209 e. The third-order valence-electron chi connectivity index (χ3n) is 4.61. The molecule has 0 bridgehead atoms. The molecule has 0 saturated carbocycles. The molecule has 2 fully saturated rings. The molecule has 0 unspecified atom stereocenters. The van der Waals surface area contributed by atoms with Gasteiger partial charge in [-0.3, -0.25) is 9.69 Å². The quantitative estimate of drug-likeness (QED) is 0.781. The lowest BCUT2D eigenvalue weighted by Crippen LogP contribution is -2.49. The van der Waals surface area contributed by atoms with Gasteiger partial charge in [0.05, 0.1) is 6.04 Å². The van der Waals surface area contributed by atoms with Crippen LogP contribution >= 0.6 is 0 Å². The van der Waals surface area contributed by atoms with E-state index in [0.29, 0.717) is 12.1 Å². The number of nitrogens with one attached hydrogen (secondary N) is 1. The molecule has 2 aliphatic heterocycles. The fraction of sp³-hybridized carbons (Fsp3) is 0.800. The number of carbonyl (C=O) groups excluding carboxylic acids is 1. The second kappa shape index (κ2) is 5.53. The van der Waals surface area contributed by atoms with Crippen LogP contribution in [0.4, 0.5) is 0 Å². The zero-order chi connectivity index (χ0) is 14.0. The Hall–Kier alpha value is -1.03. The third-order valence-corrected chi connectivity index (χ3v) is 4.61. The monoisotopic (exact) mass is 265 g/mol. The minimum atomic E-state index is 0.276. The number of hydrogen-bond donors (Lipinski definition) is 1. The summed E-state index contributed by atoms with van der Waals surface area (Å²) < 4.78 is 0. The highest BCUT2D eigenvalue weighted by Crippen LogP contribution is 2.38. The van der Waals surface area contributed by atoms with E-state index >= 15 is 0 Å². The summed E-state index contributed by atoms with van der Waals surface area (Å²) in [6.07, 6.45) is 4.37. The zero-order valence-electron chi connectivity index (χ0n) is 12.5. The number of carbonyl (C=O) groups is 1. The number of hydrogen-bond acceptors (Lipinski definition) is 3. The Morgan fingerprint density at radius 2 is 2.16 bits per heavy atom. The van der Waals surface area contributed by atoms with Crippen LogP contribution in [-0.4, -0.2) is 55.0 Å². The molecule has 1 N–H and O–H groups in total. The van der Waals surface area contributed by atoms with E-state index in [1.807, 2.05) is 4.90 Å². The number of likely N-dealkylation sites (tertiary alicyclic amines) is 2. The van der Waals surface area contributed by atoms with Gasteiger partial charge in [0.1, 0.15) is 0 Å². The molecule has 2 saturated heterocycles. The molecule has 0 radical (unpaired) electrons. The van der Waals surface area contributed by atoms with Crippen molar-refractivity contribution in [3.63, 3.8) is 0 Å². The number of amides is 1. The van der Waals surface area contributed by atoms with Crippen molar-refractivity contribution >= 4 is 6.41 Å². The van der Waals surface area contributed by atoms with Crippen LogP contribution in [0.5, 0.6) is 0 Å². The molecule has 0 aromatic carbocycles. The first-order valence-electron chi connectivity index (χ1n) is 7.29. The first-order chi connectivity index (χ1) is 8.94. The second-order valence-electron chi connectivity index (χ2n) is 6.73. The lowest BCUT2D eigenvalue weighted by atomic mass is 9.83. The first kappa shape index (κ1) is 14.4. The molecule has 2 heterocycles. The van der Waals surface area contributed by atoms with Gasteiger partial charge in [-0.15, -0.1) is 0 Å². The van der Waals surface area contributed by atoms with E-state index in [4.69, 9.17) is 0 Å². The standard InChI is InChI=1S/C15H27N3O/c1-12(14-15(2,3)7-9-17(14)4)16-13-6-5-8-18(10-13)11-19/h11,13-14,16H,1,5-10H2,2-4H3/t13-,14-/m0/s1. The lowest BCUT2D eigenvalue weighted by molar-refractivity contribution is -0.119. The van der Waals surface area contributed by atoms with Crippen LogP contribution in [-0.2, 0) is 4.79 Å². The molecule has 2 rings (SSSR count). The summed E-state index contributed by atoms with van der Waals surface area (Å²) in [5.74, 6) is 0. The summed E-state index contributed by atoms with van der Waals surface area (Å²) in [7, 11) is 2.17. The summed E-state index contributed by atoms with van der Waals surface area (Å²) in [4.78, 5) is 15.1. The van der Waals surface area contributed by atoms with E-state index in [0.717, 1.165) is 44.6 Å².